The van der Waals surface area contributed by atoms with Crippen LogP contribution in [0, 0.1) is 0 Å². The largest absolute Gasteiger partial charge is 0.480 e. The van der Waals surface area contributed by atoms with Crippen LogP contribution in [0.25, 0.3) is 0 Å². The summed E-state index contributed by atoms with van der Waals surface area (Å²) in [7, 11) is 0. The highest BCUT2D eigenvalue weighted by Gasteiger charge is 2.34. The molecule has 0 radical (unpaired) electrons. The standard InChI is InChI=1S/C19H27N3O4/c1-13(17(20)23)22-12-6-5-9-15(18(22)24)21-16(19(25)26)11-10-14-7-3-2-4-8-14/h2-4,7-8,13,15-16,21H,5-6,9-12H2,1H3,(H2,20,23)(H,25,26). The van der Waals surface area contributed by atoms with Gasteiger partial charge in [0, 0.05) is 6.54 Å². The van der Waals surface area contributed by atoms with Crippen molar-refractivity contribution in [2.45, 2.75) is 57.2 Å². The van der Waals surface area contributed by atoms with Crippen LogP contribution >= 0.6 is 0 Å². The molecule has 0 bridgehead atoms. The number of hydrogen-bond acceptors (Lipinski definition) is 4. The molecule has 0 spiro atoms. The number of nitrogens with two attached hydrogens (primary N) is 1. The van der Waals surface area contributed by atoms with Crippen molar-refractivity contribution in [2.75, 3.05) is 6.54 Å². The fraction of sp³-hybridized carbons (Fsp3) is 0.526. The number of likely N-dealkylation sites (tertiary alicyclic amines) is 1. The SMILES string of the molecule is CC(C(N)=O)N1CCCCC(NC(CCc2ccccc2)C(=O)O)C1=O. The molecule has 3 unspecified atom stereocenters. The third-order valence-electron chi connectivity index (χ3n) is 4.87. The number of rotatable bonds is 8. The van der Waals surface area contributed by atoms with Crippen LogP contribution in [-0.4, -0.2) is 52.5 Å². The molecule has 0 aliphatic carbocycles. The first-order valence-corrected chi connectivity index (χ1v) is 9.02. The lowest BCUT2D eigenvalue weighted by molar-refractivity contribution is -0.142. The summed E-state index contributed by atoms with van der Waals surface area (Å²) in [4.78, 5) is 37.4. The van der Waals surface area contributed by atoms with E-state index in [1.807, 2.05) is 30.3 Å². The van der Waals surface area contributed by atoms with Gasteiger partial charge in [-0.3, -0.25) is 19.7 Å². The first-order valence-electron chi connectivity index (χ1n) is 9.02. The monoisotopic (exact) mass is 361 g/mol. The Morgan fingerprint density at radius 2 is 2.00 bits per heavy atom. The average Bonchev–Trinajstić information content (AvgIpc) is 2.80. The van der Waals surface area contributed by atoms with Crippen LogP contribution in [0.1, 0.15) is 38.2 Å². The number of aryl methyl sites for hydroxylation is 1. The fourth-order valence-electron chi connectivity index (χ4n) is 3.23. The number of carboxylic acid groups (broad SMARTS) is 1. The van der Waals surface area contributed by atoms with E-state index < -0.39 is 30.0 Å². The molecule has 4 N–H and O–H groups in total. The van der Waals surface area contributed by atoms with Crippen molar-refractivity contribution >= 4 is 17.8 Å². The maximum atomic E-state index is 12.8. The van der Waals surface area contributed by atoms with E-state index in [9.17, 15) is 19.5 Å². The molecule has 3 atom stereocenters. The van der Waals surface area contributed by atoms with Crippen LogP contribution < -0.4 is 11.1 Å². The highest BCUT2D eigenvalue weighted by atomic mass is 16.4. The van der Waals surface area contributed by atoms with Gasteiger partial charge in [0.1, 0.15) is 12.1 Å². The fourth-order valence-corrected chi connectivity index (χ4v) is 3.23. The van der Waals surface area contributed by atoms with Crippen LogP contribution in [0.15, 0.2) is 30.3 Å². The van der Waals surface area contributed by atoms with E-state index in [0.717, 1.165) is 18.4 Å². The summed E-state index contributed by atoms with van der Waals surface area (Å²) in [6.07, 6.45) is 3.09. The second kappa shape index (κ2) is 9.33. The van der Waals surface area contributed by atoms with Crippen LogP contribution in [0.3, 0.4) is 0 Å². The maximum Gasteiger partial charge on any atom is 0.320 e. The minimum Gasteiger partial charge on any atom is -0.480 e. The molecule has 1 aromatic carbocycles. The van der Waals surface area contributed by atoms with E-state index in [1.165, 1.54) is 4.90 Å². The summed E-state index contributed by atoms with van der Waals surface area (Å²) in [6.45, 7) is 2.07. The van der Waals surface area contributed by atoms with E-state index >= 15 is 0 Å². The molecule has 26 heavy (non-hydrogen) atoms. The molecule has 1 heterocycles. The molecule has 0 aromatic heterocycles. The Morgan fingerprint density at radius 1 is 1.31 bits per heavy atom. The second-order valence-corrected chi connectivity index (χ2v) is 6.74. The average molecular weight is 361 g/mol. The Bertz CT molecular complexity index is 635. The summed E-state index contributed by atoms with van der Waals surface area (Å²) in [6, 6.07) is 7.50. The van der Waals surface area contributed by atoms with E-state index in [0.29, 0.717) is 25.8 Å². The number of carbonyl (C=O) groups excluding carboxylic acids is 2. The molecule has 1 aliphatic rings. The zero-order valence-electron chi connectivity index (χ0n) is 15.1. The predicted molar refractivity (Wildman–Crippen MR) is 97.3 cm³/mol. The topological polar surface area (TPSA) is 113 Å². The molecule has 2 amide bonds. The number of carbonyl (C=O) groups is 3. The van der Waals surface area contributed by atoms with Crippen LogP contribution in [0.2, 0.25) is 0 Å². The molecule has 142 valence electrons. The molecule has 1 aliphatic heterocycles. The molecule has 2 rings (SSSR count). The van der Waals surface area contributed by atoms with Crippen molar-refractivity contribution in [1.29, 1.82) is 0 Å². The van der Waals surface area contributed by atoms with E-state index in [4.69, 9.17) is 5.73 Å². The number of carboxylic acids is 1. The van der Waals surface area contributed by atoms with Gasteiger partial charge in [0.25, 0.3) is 0 Å². The lowest BCUT2D eigenvalue weighted by Crippen LogP contribution is -2.55. The molecule has 1 fully saturated rings. The normalized spacial score (nSPS) is 20.3. The Balaban J connectivity index is 2.04. The number of hydrogen-bond donors (Lipinski definition) is 3. The van der Waals surface area contributed by atoms with Gasteiger partial charge in [-0.05, 0) is 44.6 Å². The molecule has 7 nitrogen and oxygen atoms in total. The lowest BCUT2D eigenvalue weighted by atomic mass is 10.0. The van der Waals surface area contributed by atoms with Crippen molar-refractivity contribution in [3.63, 3.8) is 0 Å². The molecule has 0 saturated carbocycles. The zero-order valence-corrected chi connectivity index (χ0v) is 15.1. The van der Waals surface area contributed by atoms with Gasteiger partial charge < -0.3 is 15.7 Å². The first kappa shape index (κ1) is 19.9. The van der Waals surface area contributed by atoms with Crippen LogP contribution in [0.5, 0.6) is 0 Å². The van der Waals surface area contributed by atoms with Gasteiger partial charge in [0.15, 0.2) is 0 Å². The highest BCUT2D eigenvalue weighted by Crippen LogP contribution is 2.16. The van der Waals surface area contributed by atoms with Crippen molar-refractivity contribution in [3.8, 4) is 0 Å². The number of nitrogens with zero attached hydrogens (tertiary/aromatic N) is 1. The minimum atomic E-state index is -0.979. The molecular formula is C19H27N3O4. The van der Waals surface area contributed by atoms with Crippen molar-refractivity contribution < 1.29 is 19.5 Å². The smallest absolute Gasteiger partial charge is 0.320 e. The third kappa shape index (κ3) is 5.29. The second-order valence-electron chi connectivity index (χ2n) is 6.74. The maximum absolute atomic E-state index is 12.8. The highest BCUT2D eigenvalue weighted by molar-refractivity contribution is 5.89. The summed E-state index contributed by atoms with van der Waals surface area (Å²) < 4.78 is 0. The molecule has 1 aromatic rings. The Morgan fingerprint density at radius 3 is 2.62 bits per heavy atom. The van der Waals surface area contributed by atoms with Gasteiger partial charge >= 0.3 is 5.97 Å². The summed E-state index contributed by atoms with van der Waals surface area (Å²) in [5.74, 6) is -1.79. The van der Waals surface area contributed by atoms with Crippen LogP contribution in [0.4, 0.5) is 0 Å². The summed E-state index contributed by atoms with van der Waals surface area (Å²) >= 11 is 0. The number of amides is 2. The summed E-state index contributed by atoms with van der Waals surface area (Å²) in [5, 5.41) is 12.5. The third-order valence-corrected chi connectivity index (χ3v) is 4.87. The predicted octanol–water partition coefficient (Wildman–Crippen LogP) is 0.917. The van der Waals surface area contributed by atoms with Gasteiger partial charge in [-0.25, -0.2) is 0 Å². The zero-order chi connectivity index (χ0) is 19.1. The number of aliphatic carboxylic acids is 1. The minimum absolute atomic E-state index is 0.250. The number of benzene rings is 1. The van der Waals surface area contributed by atoms with Gasteiger partial charge in [-0.2, -0.15) is 0 Å². The van der Waals surface area contributed by atoms with Crippen molar-refractivity contribution in [2.24, 2.45) is 5.73 Å². The number of nitrogens with one attached hydrogen (secondary N) is 1. The van der Waals surface area contributed by atoms with Gasteiger partial charge in [-0.15, -0.1) is 0 Å². The Hall–Kier alpha value is -2.41. The Kier molecular flexibility index (Phi) is 7.15. The van der Waals surface area contributed by atoms with Gasteiger partial charge in [0.2, 0.25) is 11.8 Å². The van der Waals surface area contributed by atoms with Gasteiger partial charge in [0.05, 0.1) is 6.04 Å². The van der Waals surface area contributed by atoms with Crippen molar-refractivity contribution in [3.05, 3.63) is 35.9 Å². The van der Waals surface area contributed by atoms with E-state index in [-0.39, 0.29) is 5.91 Å². The van der Waals surface area contributed by atoms with E-state index in [1.54, 1.807) is 6.92 Å². The van der Waals surface area contributed by atoms with E-state index in [2.05, 4.69) is 5.32 Å². The summed E-state index contributed by atoms with van der Waals surface area (Å²) in [5.41, 5.74) is 6.39. The van der Waals surface area contributed by atoms with Crippen molar-refractivity contribution in [1.82, 2.24) is 10.2 Å². The van der Waals surface area contributed by atoms with Gasteiger partial charge in [-0.1, -0.05) is 30.3 Å². The first-order chi connectivity index (χ1) is 12.4. The van der Waals surface area contributed by atoms with Crippen LogP contribution in [-0.2, 0) is 20.8 Å². The molecule has 1 saturated heterocycles. The quantitative estimate of drug-likeness (QED) is 0.637. The number of primary amides is 1. The molecule has 7 heteroatoms. The lowest BCUT2D eigenvalue weighted by Gasteiger charge is -2.30. The Labute approximate surface area is 153 Å². The molecular weight excluding hydrogens is 334 g/mol.